The van der Waals surface area contributed by atoms with Gasteiger partial charge in [-0.2, -0.15) is 5.10 Å². The van der Waals surface area contributed by atoms with Crippen LogP contribution >= 0.6 is 11.6 Å². The van der Waals surface area contributed by atoms with E-state index in [1.165, 1.54) is 43.6 Å². The molecule has 0 aliphatic heterocycles. The summed E-state index contributed by atoms with van der Waals surface area (Å²) in [5.74, 6) is 0.365. The number of rotatable bonds is 5. The average molecular weight is 426 g/mol. The molecule has 0 saturated carbocycles. The van der Waals surface area contributed by atoms with Gasteiger partial charge in [-0.1, -0.05) is 17.7 Å². The third kappa shape index (κ3) is 3.58. The van der Waals surface area contributed by atoms with Crippen LogP contribution in [0.3, 0.4) is 0 Å². The molecule has 9 nitrogen and oxygen atoms in total. The molecule has 152 valence electrons. The monoisotopic (exact) mass is 425 g/mol. The number of nitrogens with one attached hydrogen (secondary N) is 1. The molecule has 1 N–H and O–H groups in total. The Labute approximate surface area is 175 Å². The molecule has 1 amide bonds. The fourth-order valence-corrected chi connectivity index (χ4v) is 3.09. The molecular weight excluding hydrogens is 410 g/mol. The highest BCUT2D eigenvalue weighted by molar-refractivity contribution is 6.30. The van der Waals surface area contributed by atoms with Crippen molar-refractivity contribution in [3.05, 3.63) is 75.9 Å². The number of halogens is 1. The van der Waals surface area contributed by atoms with Gasteiger partial charge >= 0.3 is 0 Å². The number of methoxy groups -OCH3 is 2. The third-order valence-electron chi connectivity index (χ3n) is 4.38. The number of hydrogen-bond donors (Lipinski definition) is 1. The first-order valence-corrected chi connectivity index (χ1v) is 9.13. The average Bonchev–Trinajstić information content (AvgIpc) is 3.20. The van der Waals surface area contributed by atoms with E-state index in [0.29, 0.717) is 27.9 Å². The summed E-state index contributed by atoms with van der Waals surface area (Å²) < 4.78 is 12.8. The molecule has 0 aliphatic carbocycles. The van der Waals surface area contributed by atoms with Crippen molar-refractivity contribution in [2.45, 2.75) is 0 Å². The van der Waals surface area contributed by atoms with Crippen LogP contribution < -0.4 is 20.5 Å². The maximum absolute atomic E-state index is 12.8. The van der Waals surface area contributed by atoms with Crippen LogP contribution in [-0.4, -0.2) is 39.6 Å². The van der Waals surface area contributed by atoms with Crippen molar-refractivity contribution in [3.63, 3.8) is 0 Å². The first-order chi connectivity index (χ1) is 14.5. The third-order valence-corrected chi connectivity index (χ3v) is 4.61. The van der Waals surface area contributed by atoms with Crippen LogP contribution in [0, 0.1) is 0 Å². The molecular formula is C20H16ClN5O4. The van der Waals surface area contributed by atoms with E-state index in [1.54, 1.807) is 30.3 Å². The van der Waals surface area contributed by atoms with Crippen molar-refractivity contribution in [2.75, 3.05) is 19.6 Å². The second kappa shape index (κ2) is 7.88. The number of carbonyl (C=O) groups excluding carboxylic acids is 1. The van der Waals surface area contributed by atoms with Gasteiger partial charge in [0.15, 0.2) is 5.65 Å². The minimum Gasteiger partial charge on any atom is -0.497 e. The van der Waals surface area contributed by atoms with Crippen molar-refractivity contribution in [2.24, 2.45) is 0 Å². The van der Waals surface area contributed by atoms with E-state index in [-0.39, 0.29) is 10.9 Å². The minimum atomic E-state index is -0.530. The number of hydrogen-bond acceptors (Lipinski definition) is 6. The summed E-state index contributed by atoms with van der Waals surface area (Å²) in [6, 6.07) is 11.7. The van der Waals surface area contributed by atoms with Gasteiger partial charge in [0, 0.05) is 16.7 Å². The molecule has 10 heteroatoms. The zero-order valence-corrected chi connectivity index (χ0v) is 16.8. The maximum atomic E-state index is 12.8. The van der Waals surface area contributed by atoms with Gasteiger partial charge in [0.25, 0.3) is 11.5 Å². The lowest BCUT2D eigenvalue weighted by molar-refractivity contribution is 0.101. The Balaban J connectivity index is 1.69. The second-order valence-corrected chi connectivity index (χ2v) is 6.67. The van der Waals surface area contributed by atoms with Crippen LogP contribution in [0.15, 0.2) is 59.8 Å². The summed E-state index contributed by atoms with van der Waals surface area (Å²) in [4.78, 5) is 29.8. The first-order valence-electron chi connectivity index (χ1n) is 8.76. The highest BCUT2D eigenvalue weighted by atomic mass is 35.5. The van der Waals surface area contributed by atoms with Gasteiger partial charge in [0.2, 0.25) is 0 Å². The van der Waals surface area contributed by atoms with Gasteiger partial charge < -0.3 is 9.47 Å². The van der Waals surface area contributed by atoms with Gasteiger partial charge in [-0.3, -0.25) is 15.0 Å². The molecule has 2 heterocycles. The van der Waals surface area contributed by atoms with E-state index >= 15 is 0 Å². The van der Waals surface area contributed by atoms with Crippen LogP contribution in [0.4, 0.5) is 0 Å². The SMILES string of the molecule is COc1cc(OC)cc(C(=O)Nn2cnc3c(cnn3-c3cccc(Cl)c3)c2=O)c1. The largest absolute Gasteiger partial charge is 0.497 e. The second-order valence-electron chi connectivity index (χ2n) is 6.24. The van der Waals surface area contributed by atoms with Crippen LogP contribution in [0.5, 0.6) is 11.5 Å². The van der Waals surface area contributed by atoms with E-state index in [9.17, 15) is 9.59 Å². The number of amides is 1. The number of carbonyl (C=O) groups is 1. The van der Waals surface area contributed by atoms with Gasteiger partial charge in [-0.15, -0.1) is 0 Å². The van der Waals surface area contributed by atoms with Crippen molar-refractivity contribution in [1.29, 1.82) is 0 Å². The van der Waals surface area contributed by atoms with E-state index in [0.717, 1.165) is 4.68 Å². The molecule has 4 aromatic rings. The minimum absolute atomic E-state index is 0.237. The Morgan fingerprint density at radius 2 is 1.83 bits per heavy atom. The van der Waals surface area contributed by atoms with Crippen LogP contribution in [0.2, 0.25) is 5.02 Å². The highest BCUT2D eigenvalue weighted by Crippen LogP contribution is 2.22. The Morgan fingerprint density at radius 3 is 2.50 bits per heavy atom. The molecule has 2 aromatic heterocycles. The molecule has 0 saturated heterocycles. The molecule has 0 fully saturated rings. The summed E-state index contributed by atoms with van der Waals surface area (Å²) >= 11 is 6.04. The van der Waals surface area contributed by atoms with Crippen molar-refractivity contribution >= 4 is 28.5 Å². The van der Waals surface area contributed by atoms with Gasteiger partial charge in [0.05, 0.1) is 26.1 Å². The highest BCUT2D eigenvalue weighted by Gasteiger charge is 2.15. The summed E-state index contributed by atoms with van der Waals surface area (Å²) in [5, 5.41) is 5.00. The molecule has 30 heavy (non-hydrogen) atoms. The van der Waals surface area contributed by atoms with E-state index in [2.05, 4.69) is 15.5 Å². The Morgan fingerprint density at radius 1 is 1.10 bits per heavy atom. The number of aromatic nitrogens is 4. The molecule has 4 rings (SSSR count). The van der Waals surface area contributed by atoms with Crippen LogP contribution in [-0.2, 0) is 0 Å². The molecule has 0 atom stereocenters. The van der Waals surface area contributed by atoms with E-state index in [4.69, 9.17) is 21.1 Å². The maximum Gasteiger partial charge on any atom is 0.283 e. The lowest BCUT2D eigenvalue weighted by Crippen LogP contribution is -2.33. The summed E-state index contributed by atoms with van der Waals surface area (Å²) in [5.41, 5.74) is 3.30. The van der Waals surface area contributed by atoms with Crippen LogP contribution in [0.1, 0.15) is 10.4 Å². The topological polar surface area (TPSA) is 100 Å². The smallest absolute Gasteiger partial charge is 0.283 e. The number of fused-ring (bicyclic) bond motifs is 1. The summed E-state index contributed by atoms with van der Waals surface area (Å²) in [7, 11) is 2.97. The fraction of sp³-hybridized carbons (Fsp3) is 0.100. The van der Waals surface area contributed by atoms with Crippen molar-refractivity contribution in [3.8, 4) is 17.2 Å². The van der Waals surface area contributed by atoms with Crippen molar-refractivity contribution in [1.82, 2.24) is 19.4 Å². The lowest BCUT2D eigenvalue weighted by Gasteiger charge is -2.10. The van der Waals surface area contributed by atoms with Gasteiger partial charge in [0.1, 0.15) is 23.2 Å². The van der Waals surface area contributed by atoms with E-state index < -0.39 is 11.5 Å². The number of ether oxygens (including phenoxy) is 2. The zero-order valence-electron chi connectivity index (χ0n) is 16.0. The Bertz CT molecular complexity index is 1290. The first kappa shape index (κ1) is 19.5. The molecule has 0 radical (unpaired) electrons. The van der Waals surface area contributed by atoms with Crippen molar-refractivity contribution < 1.29 is 14.3 Å². The summed E-state index contributed by atoms with van der Waals surface area (Å²) in [6.07, 6.45) is 2.62. The van der Waals surface area contributed by atoms with Crippen LogP contribution in [0.25, 0.3) is 16.7 Å². The summed E-state index contributed by atoms with van der Waals surface area (Å²) in [6.45, 7) is 0. The number of benzene rings is 2. The molecule has 0 aliphatic rings. The Kier molecular flexibility index (Phi) is 5.11. The molecule has 0 spiro atoms. The quantitative estimate of drug-likeness (QED) is 0.527. The normalized spacial score (nSPS) is 10.8. The fourth-order valence-electron chi connectivity index (χ4n) is 2.90. The predicted octanol–water partition coefficient (Wildman–Crippen LogP) is 2.64. The zero-order chi connectivity index (χ0) is 21.3. The van der Waals surface area contributed by atoms with E-state index in [1.807, 2.05) is 0 Å². The standard InChI is InChI=1S/C20H16ClN5O4/c1-29-15-6-12(7-16(9-15)30-2)19(27)24-25-11-22-18-17(20(25)28)10-23-26(18)14-5-3-4-13(21)8-14/h3-11H,1-2H3,(H,24,27). The predicted molar refractivity (Wildman–Crippen MR) is 111 cm³/mol. The lowest BCUT2D eigenvalue weighted by atomic mass is 10.2. The van der Waals surface area contributed by atoms with Gasteiger partial charge in [-0.25, -0.2) is 14.3 Å². The van der Waals surface area contributed by atoms with Gasteiger partial charge in [-0.05, 0) is 30.3 Å². The molecule has 0 unspecified atom stereocenters. The molecule has 0 bridgehead atoms. The molecule has 2 aromatic carbocycles. The number of nitrogens with zero attached hydrogens (tertiary/aromatic N) is 4. The Hall–Kier alpha value is -3.85.